The number of nitrogens with one attached hydrogen (secondary N) is 1. The van der Waals surface area contributed by atoms with Crippen molar-refractivity contribution in [2.75, 3.05) is 20.1 Å². The zero-order valence-corrected chi connectivity index (χ0v) is 13.4. The average Bonchev–Trinajstić information content (AvgIpc) is 3.10. The van der Waals surface area contributed by atoms with Crippen molar-refractivity contribution in [3.63, 3.8) is 0 Å². The molecule has 0 bridgehead atoms. The highest BCUT2D eigenvalue weighted by atomic mass is 32.1. The second-order valence-electron chi connectivity index (χ2n) is 4.86. The third kappa shape index (κ3) is 4.14. The number of hydrogen-bond donors (Lipinski definition) is 1. The van der Waals surface area contributed by atoms with Crippen LogP contribution < -0.4 is 5.32 Å². The summed E-state index contributed by atoms with van der Waals surface area (Å²) in [5.74, 6) is 0. The first-order valence-electron chi connectivity index (χ1n) is 6.69. The maximum Gasteiger partial charge on any atom is 0.0410 e. The van der Waals surface area contributed by atoms with Crippen molar-refractivity contribution in [2.24, 2.45) is 0 Å². The van der Waals surface area contributed by atoms with E-state index in [1.165, 1.54) is 9.75 Å². The van der Waals surface area contributed by atoms with Crippen molar-refractivity contribution >= 4 is 22.7 Å². The Hall–Kier alpha value is -0.680. The van der Waals surface area contributed by atoms with E-state index in [9.17, 15) is 0 Å². The molecule has 4 heteroatoms. The smallest absolute Gasteiger partial charge is 0.0410 e. The van der Waals surface area contributed by atoms with Gasteiger partial charge in [-0.2, -0.15) is 0 Å². The van der Waals surface area contributed by atoms with Crippen LogP contribution in [0.3, 0.4) is 0 Å². The Labute approximate surface area is 124 Å². The lowest BCUT2D eigenvalue weighted by Gasteiger charge is -2.24. The van der Waals surface area contributed by atoms with Crippen molar-refractivity contribution in [3.05, 3.63) is 44.8 Å². The summed E-state index contributed by atoms with van der Waals surface area (Å²) in [6.45, 7) is 6.59. The Morgan fingerprint density at radius 2 is 1.74 bits per heavy atom. The molecule has 0 fully saturated rings. The molecule has 0 amide bonds. The van der Waals surface area contributed by atoms with E-state index < -0.39 is 0 Å². The number of rotatable bonds is 7. The molecule has 2 unspecified atom stereocenters. The van der Waals surface area contributed by atoms with Gasteiger partial charge in [0.15, 0.2) is 0 Å². The van der Waals surface area contributed by atoms with E-state index in [4.69, 9.17) is 0 Å². The van der Waals surface area contributed by atoms with Crippen LogP contribution in [0, 0.1) is 0 Å². The Bertz CT molecular complexity index is 450. The number of nitrogens with zero attached hydrogens (tertiary/aromatic N) is 1. The fourth-order valence-electron chi connectivity index (χ4n) is 2.04. The largest absolute Gasteiger partial charge is 0.308 e. The van der Waals surface area contributed by atoms with Gasteiger partial charge in [-0.15, -0.1) is 22.7 Å². The molecule has 104 valence electrons. The minimum atomic E-state index is 0.449. The van der Waals surface area contributed by atoms with Crippen LogP contribution in [0.2, 0.25) is 0 Å². The SMILES string of the molecule is CC(NCCN(C)C(C)c1cccs1)c1cccs1. The molecule has 1 N–H and O–H groups in total. The zero-order chi connectivity index (χ0) is 13.7. The third-order valence-electron chi connectivity index (χ3n) is 3.50. The predicted octanol–water partition coefficient (Wildman–Crippen LogP) is 4.15. The molecular weight excluding hydrogens is 272 g/mol. The Balaban J connectivity index is 1.73. The number of likely N-dealkylation sites (N-methyl/N-ethyl adjacent to an activating group) is 1. The van der Waals surface area contributed by atoms with Crippen LogP contribution in [-0.4, -0.2) is 25.0 Å². The van der Waals surface area contributed by atoms with Gasteiger partial charge in [0.25, 0.3) is 0 Å². The molecule has 0 radical (unpaired) electrons. The molecule has 19 heavy (non-hydrogen) atoms. The highest BCUT2D eigenvalue weighted by Gasteiger charge is 2.12. The second kappa shape index (κ2) is 7.20. The molecule has 0 aliphatic rings. The molecule has 2 aromatic rings. The second-order valence-corrected chi connectivity index (χ2v) is 6.82. The van der Waals surface area contributed by atoms with Gasteiger partial charge in [-0.25, -0.2) is 0 Å². The maximum absolute atomic E-state index is 3.59. The van der Waals surface area contributed by atoms with Gasteiger partial charge < -0.3 is 5.32 Å². The first-order chi connectivity index (χ1) is 9.18. The van der Waals surface area contributed by atoms with Crippen LogP contribution >= 0.6 is 22.7 Å². The molecular formula is C15H22N2S2. The van der Waals surface area contributed by atoms with Crippen molar-refractivity contribution in [1.29, 1.82) is 0 Å². The number of hydrogen-bond acceptors (Lipinski definition) is 4. The summed E-state index contributed by atoms with van der Waals surface area (Å²) in [5, 5.41) is 7.88. The molecule has 0 saturated heterocycles. The Morgan fingerprint density at radius 1 is 1.11 bits per heavy atom. The minimum Gasteiger partial charge on any atom is -0.308 e. The van der Waals surface area contributed by atoms with Crippen molar-refractivity contribution in [3.8, 4) is 0 Å². The van der Waals surface area contributed by atoms with Gasteiger partial charge in [-0.3, -0.25) is 4.90 Å². The quantitative estimate of drug-likeness (QED) is 0.825. The molecule has 0 aliphatic heterocycles. The highest BCUT2D eigenvalue weighted by Crippen LogP contribution is 2.23. The van der Waals surface area contributed by atoms with Crippen molar-refractivity contribution in [1.82, 2.24) is 10.2 Å². The van der Waals surface area contributed by atoms with Gasteiger partial charge in [-0.1, -0.05) is 12.1 Å². The summed E-state index contributed by atoms with van der Waals surface area (Å²) in [4.78, 5) is 5.25. The normalized spacial score (nSPS) is 14.7. The molecule has 2 aromatic heterocycles. The van der Waals surface area contributed by atoms with Crippen LogP contribution in [0.1, 0.15) is 35.7 Å². The maximum atomic E-state index is 3.59. The molecule has 2 atom stereocenters. The van der Waals surface area contributed by atoms with Crippen LogP contribution in [0.5, 0.6) is 0 Å². The first kappa shape index (κ1) is 14.7. The highest BCUT2D eigenvalue weighted by molar-refractivity contribution is 7.10. The van der Waals surface area contributed by atoms with Crippen molar-refractivity contribution < 1.29 is 0 Å². The van der Waals surface area contributed by atoms with E-state index in [1.54, 1.807) is 0 Å². The van der Waals surface area contributed by atoms with E-state index >= 15 is 0 Å². The van der Waals surface area contributed by atoms with E-state index in [0.29, 0.717) is 12.1 Å². The standard InChI is InChI=1S/C15H22N2S2/c1-12(14-6-4-10-18-14)16-8-9-17(3)13(2)15-7-5-11-19-15/h4-7,10-13,16H,8-9H2,1-3H3. The van der Waals surface area contributed by atoms with E-state index in [2.05, 4.69) is 66.1 Å². The summed E-state index contributed by atoms with van der Waals surface area (Å²) >= 11 is 3.66. The molecule has 0 spiro atoms. The summed E-state index contributed by atoms with van der Waals surface area (Å²) in [5.41, 5.74) is 0. The van der Waals surface area contributed by atoms with E-state index in [0.717, 1.165) is 13.1 Å². The van der Waals surface area contributed by atoms with E-state index in [-0.39, 0.29) is 0 Å². The van der Waals surface area contributed by atoms with Crippen LogP contribution in [0.4, 0.5) is 0 Å². The molecule has 2 nitrogen and oxygen atoms in total. The fraction of sp³-hybridized carbons (Fsp3) is 0.467. The molecule has 2 rings (SSSR count). The van der Waals surface area contributed by atoms with Crippen molar-refractivity contribution in [2.45, 2.75) is 25.9 Å². The average molecular weight is 294 g/mol. The molecule has 0 aliphatic carbocycles. The minimum absolute atomic E-state index is 0.449. The van der Waals surface area contributed by atoms with Crippen LogP contribution in [0.15, 0.2) is 35.0 Å². The molecule has 0 saturated carbocycles. The first-order valence-corrected chi connectivity index (χ1v) is 8.45. The van der Waals surface area contributed by atoms with E-state index in [1.807, 2.05) is 22.7 Å². The fourth-order valence-corrected chi connectivity index (χ4v) is 3.64. The van der Waals surface area contributed by atoms with Gasteiger partial charge in [-0.05, 0) is 43.8 Å². The number of thiophene rings is 2. The Morgan fingerprint density at radius 3 is 2.32 bits per heavy atom. The monoisotopic (exact) mass is 294 g/mol. The predicted molar refractivity (Wildman–Crippen MR) is 86.1 cm³/mol. The summed E-state index contributed by atoms with van der Waals surface area (Å²) in [6, 6.07) is 9.60. The summed E-state index contributed by atoms with van der Waals surface area (Å²) < 4.78 is 0. The zero-order valence-electron chi connectivity index (χ0n) is 11.8. The van der Waals surface area contributed by atoms with Gasteiger partial charge >= 0.3 is 0 Å². The lowest BCUT2D eigenvalue weighted by Crippen LogP contribution is -2.32. The van der Waals surface area contributed by atoms with Gasteiger partial charge in [0.05, 0.1) is 0 Å². The molecule has 0 aromatic carbocycles. The summed E-state index contributed by atoms with van der Waals surface area (Å²) in [6.07, 6.45) is 0. The lowest BCUT2D eigenvalue weighted by atomic mass is 10.2. The third-order valence-corrected chi connectivity index (χ3v) is 5.60. The van der Waals surface area contributed by atoms with Crippen LogP contribution in [0.25, 0.3) is 0 Å². The van der Waals surface area contributed by atoms with Crippen LogP contribution in [-0.2, 0) is 0 Å². The summed E-state index contributed by atoms with van der Waals surface area (Å²) in [7, 11) is 2.20. The lowest BCUT2D eigenvalue weighted by molar-refractivity contribution is 0.261. The Kier molecular flexibility index (Phi) is 5.58. The van der Waals surface area contributed by atoms with Gasteiger partial charge in [0.2, 0.25) is 0 Å². The van der Waals surface area contributed by atoms with Gasteiger partial charge in [0, 0.05) is 34.9 Å². The van der Waals surface area contributed by atoms with Gasteiger partial charge in [0.1, 0.15) is 0 Å². The topological polar surface area (TPSA) is 15.3 Å². The molecule has 2 heterocycles.